The van der Waals surface area contributed by atoms with Gasteiger partial charge in [-0.15, -0.1) is 5.10 Å². The predicted molar refractivity (Wildman–Crippen MR) is 117 cm³/mol. The highest BCUT2D eigenvalue weighted by molar-refractivity contribution is 7.20. The second-order valence-corrected chi connectivity index (χ2v) is 9.34. The third kappa shape index (κ3) is 3.98. The van der Waals surface area contributed by atoms with Crippen molar-refractivity contribution < 1.29 is 4.79 Å². The highest BCUT2D eigenvalue weighted by atomic mass is 35.5. The van der Waals surface area contributed by atoms with Gasteiger partial charge in [0, 0.05) is 43.2 Å². The van der Waals surface area contributed by atoms with Crippen LogP contribution in [0.2, 0.25) is 5.02 Å². The van der Waals surface area contributed by atoms with Gasteiger partial charge in [0.15, 0.2) is 0 Å². The molecule has 3 aromatic rings. The van der Waals surface area contributed by atoms with E-state index in [4.69, 9.17) is 21.7 Å². The average molecular weight is 430 g/mol. The highest BCUT2D eigenvalue weighted by Crippen LogP contribution is 2.30. The van der Waals surface area contributed by atoms with Crippen molar-refractivity contribution in [2.45, 2.75) is 32.1 Å². The summed E-state index contributed by atoms with van der Waals surface area (Å²) < 4.78 is 1.88. The maximum absolute atomic E-state index is 12.1. The number of imidazole rings is 1. The molecule has 2 fully saturated rings. The lowest BCUT2D eigenvalue weighted by molar-refractivity contribution is -0.134. The van der Waals surface area contributed by atoms with Crippen molar-refractivity contribution >= 4 is 38.9 Å². The first-order chi connectivity index (χ1) is 14.2. The molecule has 2 aliphatic heterocycles. The third-order valence-electron chi connectivity index (χ3n) is 5.96. The first-order valence-corrected chi connectivity index (χ1v) is 11.5. The van der Waals surface area contributed by atoms with Crippen LogP contribution in [-0.2, 0) is 4.79 Å². The van der Waals surface area contributed by atoms with Crippen LogP contribution in [0.3, 0.4) is 0 Å². The topological polar surface area (TPSA) is 53.7 Å². The molecule has 0 N–H and O–H groups in total. The fourth-order valence-electron chi connectivity index (χ4n) is 4.25. The lowest BCUT2D eigenvalue weighted by Gasteiger charge is -2.35. The molecule has 2 aliphatic rings. The van der Waals surface area contributed by atoms with Gasteiger partial charge in [-0.25, -0.2) is 9.50 Å². The summed E-state index contributed by atoms with van der Waals surface area (Å²) >= 11 is 7.61. The molecule has 5 rings (SSSR count). The van der Waals surface area contributed by atoms with E-state index in [2.05, 4.69) is 9.80 Å². The van der Waals surface area contributed by atoms with Crippen molar-refractivity contribution in [3.63, 3.8) is 0 Å². The van der Waals surface area contributed by atoms with E-state index in [0.29, 0.717) is 11.8 Å². The molecule has 0 unspecified atom stereocenters. The van der Waals surface area contributed by atoms with Crippen LogP contribution in [0.4, 0.5) is 5.13 Å². The first kappa shape index (κ1) is 18.9. The molecule has 2 saturated heterocycles. The molecule has 0 radical (unpaired) electrons. The molecular weight excluding hydrogens is 406 g/mol. The van der Waals surface area contributed by atoms with Gasteiger partial charge in [-0.05, 0) is 43.7 Å². The Hall–Kier alpha value is -2.12. The fourth-order valence-corrected chi connectivity index (χ4v) is 5.31. The molecule has 2 aromatic heterocycles. The summed E-state index contributed by atoms with van der Waals surface area (Å²) in [6.45, 7) is 3.86. The zero-order chi connectivity index (χ0) is 19.8. The van der Waals surface area contributed by atoms with Crippen LogP contribution in [0.1, 0.15) is 32.1 Å². The number of aromatic nitrogens is 3. The number of likely N-dealkylation sites (tertiary alicyclic amines) is 1. The second-order valence-electron chi connectivity index (χ2n) is 7.97. The average Bonchev–Trinajstić information content (AvgIpc) is 3.30. The number of benzene rings is 1. The standard InChI is InChI=1S/C21H24ClN5OS/c22-17-6-4-16(5-7-17)18-14-27-20(23-18)29-21(24-27)25-11-8-15(9-12-25)13-26-10-2-1-3-19(26)28/h4-7,14-15H,1-3,8-13H2. The van der Waals surface area contributed by atoms with Gasteiger partial charge in [0.25, 0.3) is 0 Å². The molecular formula is C21H24ClN5OS. The number of piperidine rings is 2. The maximum Gasteiger partial charge on any atom is 0.222 e. The Morgan fingerprint density at radius 1 is 1.10 bits per heavy atom. The van der Waals surface area contributed by atoms with Crippen LogP contribution in [0.15, 0.2) is 30.5 Å². The summed E-state index contributed by atoms with van der Waals surface area (Å²) in [4.78, 5) is 22.1. The molecule has 29 heavy (non-hydrogen) atoms. The minimum absolute atomic E-state index is 0.344. The Morgan fingerprint density at radius 3 is 2.62 bits per heavy atom. The molecule has 0 bridgehead atoms. The van der Waals surface area contributed by atoms with E-state index < -0.39 is 0 Å². The highest BCUT2D eigenvalue weighted by Gasteiger charge is 2.26. The smallest absolute Gasteiger partial charge is 0.222 e. The number of hydrogen-bond acceptors (Lipinski definition) is 5. The van der Waals surface area contributed by atoms with Crippen molar-refractivity contribution in [3.05, 3.63) is 35.5 Å². The molecule has 0 saturated carbocycles. The van der Waals surface area contributed by atoms with Crippen molar-refractivity contribution in [1.82, 2.24) is 19.5 Å². The van der Waals surface area contributed by atoms with Crippen LogP contribution < -0.4 is 4.90 Å². The number of amides is 1. The van der Waals surface area contributed by atoms with E-state index in [-0.39, 0.29) is 0 Å². The molecule has 152 valence electrons. The van der Waals surface area contributed by atoms with E-state index in [1.165, 1.54) is 0 Å². The van der Waals surface area contributed by atoms with Crippen LogP contribution >= 0.6 is 22.9 Å². The molecule has 0 aliphatic carbocycles. The zero-order valence-electron chi connectivity index (χ0n) is 16.3. The molecule has 1 aromatic carbocycles. The Balaban J connectivity index is 1.22. The Labute approximate surface area is 179 Å². The number of hydrogen-bond donors (Lipinski definition) is 0. The Morgan fingerprint density at radius 2 is 1.90 bits per heavy atom. The largest absolute Gasteiger partial charge is 0.347 e. The van der Waals surface area contributed by atoms with Crippen LogP contribution in [0, 0.1) is 5.92 Å². The van der Waals surface area contributed by atoms with Gasteiger partial charge < -0.3 is 9.80 Å². The predicted octanol–water partition coefficient (Wildman–Crippen LogP) is 4.34. The lowest BCUT2D eigenvalue weighted by Crippen LogP contribution is -2.42. The number of rotatable bonds is 4. The number of nitrogens with zero attached hydrogens (tertiary/aromatic N) is 5. The number of anilines is 1. The molecule has 0 spiro atoms. The molecule has 4 heterocycles. The van der Waals surface area contributed by atoms with Crippen LogP contribution in [-0.4, -0.2) is 51.6 Å². The summed E-state index contributed by atoms with van der Waals surface area (Å²) in [6, 6.07) is 7.72. The zero-order valence-corrected chi connectivity index (χ0v) is 17.8. The number of carbonyl (C=O) groups excluding carboxylic acids is 1. The van der Waals surface area contributed by atoms with Gasteiger partial charge in [-0.3, -0.25) is 4.79 Å². The normalized spacial score (nSPS) is 18.7. The van der Waals surface area contributed by atoms with E-state index >= 15 is 0 Å². The van der Waals surface area contributed by atoms with E-state index in [9.17, 15) is 4.79 Å². The summed E-state index contributed by atoms with van der Waals surface area (Å²) in [7, 11) is 0. The molecule has 6 nitrogen and oxygen atoms in total. The monoisotopic (exact) mass is 429 g/mol. The van der Waals surface area contributed by atoms with Crippen molar-refractivity contribution in [2.24, 2.45) is 5.92 Å². The molecule has 0 atom stereocenters. The molecule has 1 amide bonds. The van der Waals surface area contributed by atoms with E-state index in [1.54, 1.807) is 11.3 Å². The van der Waals surface area contributed by atoms with Crippen LogP contribution in [0.25, 0.3) is 16.2 Å². The fraction of sp³-hybridized carbons (Fsp3) is 0.476. The minimum Gasteiger partial charge on any atom is -0.347 e. The van der Waals surface area contributed by atoms with Gasteiger partial charge in [0.05, 0.1) is 11.9 Å². The van der Waals surface area contributed by atoms with Gasteiger partial charge in [0.2, 0.25) is 16.0 Å². The maximum atomic E-state index is 12.1. The summed E-state index contributed by atoms with van der Waals surface area (Å²) in [6.07, 6.45) is 7.15. The van der Waals surface area contributed by atoms with Crippen molar-refractivity contribution in [1.29, 1.82) is 0 Å². The van der Waals surface area contributed by atoms with Gasteiger partial charge in [0.1, 0.15) is 0 Å². The Bertz CT molecular complexity index is 974. The number of halogens is 1. The van der Waals surface area contributed by atoms with Gasteiger partial charge in [-0.1, -0.05) is 35.1 Å². The van der Waals surface area contributed by atoms with E-state index in [1.807, 2.05) is 35.0 Å². The second kappa shape index (κ2) is 7.95. The van der Waals surface area contributed by atoms with Crippen LogP contribution in [0.5, 0.6) is 0 Å². The minimum atomic E-state index is 0.344. The third-order valence-corrected chi connectivity index (χ3v) is 7.19. The van der Waals surface area contributed by atoms with Gasteiger partial charge >= 0.3 is 0 Å². The lowest BCUT2D eigenvalue weighted by atomic mass is 9.95. The quantitative estimate of drug-likeness (QED) is 0.619. The number of carbonyl (C=O) groups is 1. The SMILES string of the molecule is O=C1CCCCN1CC1CCN(c2nn3cc(-c4ccc(Cl)cc4)nc3s2)CC1. The van der Waals surface area contributed by atoms with Crippen molar-refractivity contribution in [3.8, 4) is 11.3 Å². The Kier molecular flexibility index (Phi) is 5.18. The summed E-state index contributed by atoms with van der Waals surface area (Å²) in [5.74, 6) is 0.949. The van der Waals surface area contributed by atoms with Crippen molar-refractivity contribution in [2.75, 3.05) is 31.1 Å². The van der Waals surface area contributed by atoms with Gasteiger partial charge in [-0.2, -0.15) is 0 Å². The summed E-state index contributed by atoms with van der Waals surface area (Å²) in [5, 5.41) is 6.52. The van der Waals surface area contributed by atoms with E-state index in [0.717, 1.165) is 84.7 Å². The first-order valence-electron chi connectivity index (χ1n) is 10.3. The number of fused-ring (bicyclic) bond motifs is 1. The molecule has 8 heteroatoms. The summed E-state index contributed by atoms with van der Waals surface area (Å²) in [5.41, 5.74) is 1.96.